The van der Waals surface area contributed by atoms with Crippen molar-refractivity contribution < 1.29 is 4.79 Å². The Kier molecular flexibility index (Phi) is 5.57. The molecule has 1 amide bonds. The number of hydrogen-bond donors (Lipinski definition) is 0. The second-order valence-electron chi connectivity index (χ2n) is 9.33. The van der Waals surface area contributed by atoms with Gasteiger partial charge in [0.05, 0.1) is 5.92 Å². The molecule has 1 aromatic carbocycles. The van der Waals surface area contributed by atoms with E-state index in [1.807, 2.05) is 11.9 Å². The van der Waals surface area contributed by atoms with Crippen LogP contribution in [0.25, 0.3) is 11.2 Å². The van der Waals surface area contributed by atoms with Crippen LogP contribution in [-0.4, -0.2) is 45.6 Å². The number of nitrogens with zero attached hydrogens (tertiary/aromatic N) is 6. The van der Waals surface area contributed by atoms with Crippen LogP contribution in [0.2, 0.25) is 0 Å². The highest BCUT2D eigenvalue weighted by atomic mass is 16.2. The lowest BCUT2D eigenvalue weighted by Crippen LogP contribution is -2.44. The minimum atomic E-state index is -0.0564. The Labute approximate surface area is 189 Å². The molecule has 2 aromatic heterocycles. The number of anilines is 2. The van der Waals surface area contributed by atoms with E-state index in [0.29, 0.717) is 6.54 Å². The molecule has 1 unspecified atom stereocenters. The second-order valence-corrected chi connectivity index (χ2v) is 9.33. The molecule has 0 saturated carbocycles. The summed E-state index contributed by atoms with van der Waals surface area (Å²) >= 11 is 0. The molecule has 2 aliphatic heterocycles. The largest absolute Gasteiger partial charge is 0.354 e. The molecule has 168 valence electrons. The van der Waals surface area contributed by atoms with Gasteiger partial charge in [0.1, 0.15) is 12.2 Å². The molecule has 2 aliphatic rings. The first-order valence-corrected chi connectivity index (χ1v) is 11.8. The summed E-state index contributed by atoms with van der Waals surface area (Å²) < 4.78 is 2.27. The lowest BCUT2D eigenvalue weighted by molar-refractivity contribution is -0.122. The third-order valence-electron chi connectivity index (χ3n) is 7.00. The monoisotopic (exact) mass is 432 g/mol. The SMILES string of the molecule is Cc1ccc(C)c(N(C)C(=O)C2CCCN(c3ncnc4c3nc3n4CCCCC3)C2)c1. The Hall–Kier alpha value is -2.96. The van der Waals surface area contributed by atoms with E-state index in [4.69, 9.17) is 4.98 Å². The van der Waals surface area contributed by atoms with Crippen molar-refractivity contribution in [3.05, 3.63) is 41.5 Å². The lowest BCUT2D eigenvalue weighted by atomic mass is 9.96. The van der Waals surface area contributed by atoms with E-state index in [-0.39, 0.29) is 11.8 Å². The number of aromatic nitrogens is 4. The molecule has 0 spiro atoms. The highest BCUT2D eigenvalue weighted by molar-refractivity contribution is 5.96. The Morgan fingerprint density at radius 3 is 2.84 bits per heavy atom. The molecular weight excluding hydrogens is 400 g/mol. The summed E-state index contributed by atoms with van der Waals surface area (Å²) in [5.41, 5.74) is 5.11. The number of hydrogen-bond acceptors (Lipinski definition) is 5. The average molecular weight is 433 g/mol. The number of imidazole rings is 1. The number of aryl methyl sites for hydroxylation is 4. The Bertz CT molecular complexity index is 1150. The zero-order valence-electron chi connectivity index (χ0n) is 19.3. The average Bonchev–Trinajstić information content (AvgIpc) is 3.00. The maximum atomic E-state index is 13.4. The van der Waals surface area contributed by atoms with Crippen LogP contribution in [0.1, 0.15) is 49.1 Å². The molecule has 1 fully saturated rings. The topological polar surface area (TPSA) is 67.2 Å². The van der Waals surface area contributed by atoms with Gasteiger partial charge < -0.3 is 14.4 Å². The zero-order valence-corrected chi connectivity index (χ0v) is 19.3. The molecular formula is C25H32N6O. The fourth-order valence-corrected chi connectivity index (χ4v) is 5.20. The summed E-state index contributed by atoms with van der Waals surface area (Å²) in [7, 11) is 1.90. The van der Waals surface area contributed by atoms with Gasteiger partial charge in [-0.25, -0.2) is 15.0 Å². The number of amides is 1. The van der Waals surface area contributed by atoms with Crippen LogP contribution in [0, 0.1) is 19.8 Å². The van der Waals surface area contributed by atoms with Gasteiger partial charge in [0.15, 0.2) is 17.0 Å². The molecule has 0 N–H and O–H groups in total. The summed E-state index contributed by atoms with van der Waals surface area (Å²) in [6.07, 6.45) is 8.11. The van der Waals surface area contributed by atoms with Gasteiger partial charge in [0.2, 0.25) is 5.91 Å². The fraction of sp³-hybridized carbons (Fsp3) is 0.520. The van der Waals surface area contributed by atoms with Gasteiger partial charge in [0.25, 0.3) is 0 Å². The lowest BCUT2D eigenvalue weighted by Gasteiger charge is -2.35. The number of rotatable bonds is 3. The van der Waals surface area contributed by atoms with E-state index in [9.17, 15) is 4.79 Å². The van der Waals surface area contributed by atoms with Gasteiger partial charge in [-0.05, 0) is 56.7 Å². The van der Waals surface area contributed by atoms with Gasteiger partial charge in [-0.2, -0.15) is 0 Å². The standard InChI is InChI=1S/C25H32N6O/c1-17-10-11-18(2)20(14-17)29(3)25(32)19-8-7-12-30(15-19)23-22-24(27-16-26-23)31-13-6-4-5-9-21(31)28-22/h10-11,14,16,19H,4-9,12-13,15H2,1-3H3. The van der Waals surface area contributed by atoms with E-state index < -0.39 is 0 Å². The van der Waals surface area contributed by atoms with E-state index in [2.05, 4.69) is 51.5 Å². The van der Waals surface area contributed by atoms with E-state index in [0.717, 1.165) is 66.4 Å². The van der Waals surface area contributed by atoms with Crippen molar-refractivity contribution in [2.24, 2.45) is 5.92 Å². The van der Waals surface area contributed by atoms with Crippen molar-refractivity contribution >= 4 is 28.6 Å². The van der Waals surface area contributed by atoms with Crippen LogP contribution in [0.4, 0.5) is 11.5 Å². The normalized spacial score (nSPS) is 19.0. The summed E-state index contributed by atoms with van der Waals surface area (Å²) in [5, 5.41) is 0. The minimum absolute atomic E-state index is 0.0564. The molecule has 1 saturated heterocycles. The first-order chi connectivity index (χ1) is 15.5. The molecule has 5 rings (SSSR count). The summed E-state index contributed by atoms with van der Waals surface area (Å²) in [4.78, 5) is 31.7. The van der Waals surface area contributed by atoms with Gasteiger partial charge in [-0.3, -0.25) is 4.79 Å². The van der Waals surface area contributed by atoms with Gasteiger partial charge >= 0.3 is 0 Å². The molecule has 1 atom stereocenters. The molecule has 0 radical (unpaired) electrons. The number of benzene rings is 1. The highest BCUT2D eigenvalue weighted by Crippen LogP contribution is 2.31. The van der Waals surface area contributed by atoms with Crippen LogP contribution in [0.3, 0.4) is 0 Å². The Morgan fingerprint density at radius 2 is 1.97 bits per heavy atom. The first-order valence-electron chi connectivity index (χ1n) is 11.8. The molecule has 7 heteroatoms. The predicted octanol–water partition coefficient (Wildman–Crippen LogP) is 4.05. The predicted molar refractivity (Wildman–Crippen MR) is 127 cm³/mol. The summed E-state index contributed by atoms with van der Waals surface area (Å²) in [6.45, 7) is 6.67. The molecule has 4 heterocycles. The number of carbonyl (C=O) groups is 1. The number of piperidine rings is 1. The van der Waals surface area contributed by atoms with E-state index >= 15 is 0 Å². The van der Waals surface area contributed by atoms with E-state index in [1.54, 1.807) is 6.33 Å². The van der Waals surface area contributed by atoms with Crippen molar-refractivity contribution in [3.63, 3.8) is 0 Å². The van der Waals surface area contributed by atoms with Crippen molar-refractivity contribution in [1.29, 1.82) is 0 Å². The van der Waals surface area contributed by atoms with Crippen LogP contribution in [0.15, 0.2) is 24.5 Å². The smallest absolute Gasteiger partial charge is 0.231 e. The summed E-state index contributed by atoms with van der Waals surface area (Å²) in [6, 6.07) is 6.27. The number of fused-ring (bicyclic) bond motifs is 3. The van der Waals surface area contributed by atoms with Gasteiger partial charge in [-0.1, -0.05) is 18.6 Å². The molecule has 0 aliphatic carbocycles. The van der Waals surface area contributed by atoms with Crippen LogP contribution in [-0.2, 0) is 17.8 Å². The fourth-order valence-electron chi connectivity index (χ4n) is 5.20. The highest BCUT2D eigenvalue weighted by Gasteiger charge is 2.31. The third-order valence-corrected chi connectivity index (χ3v) is 7.00. The molecule has 7 nitrogen and oxygen atoms in total. The van der Waals surface area contributed by atoms with Crippen LogP contribution in [0.5, 0.6) is 0 Å². The summed E-state index contributed by atoms with van der Waals surface area (Å²) in [5.74, 6) is 2.12. The first kappa shape index (κ1) is 20.9. The van der Waals surface area contributed by atoms with Crippen LogP contribution >= 0.6 is 0 Å². The third kappa shape index (κ3) is 3.74. The maximum absolute atomic E-state index is 13.4. The van der Waals surface area contributed by atoms with Crippen molar-refractivity contribution in [3.8, 4) is 0 Å². The Balaban J connectivity index is 1.41. The van der Waals surface area contributed by atoms with Gasteiger partial charge in [-0.15, -0.1) is 0 Å². The second kappa shape index (κ2) is 8.52. The van der Waals surface area contributed by atoms with Crippen molar-refractivity contribution in [2.45, 2.75) is 58.9 Å². The Morgan fingerprint density at radius 1 is 1.09 bits per heavy atom. The maximum Gasteiger partial charge on any atom is 0.231 e. The minimum Gasteiger partial charge on any atom is -0.354 e. The molecule has 3 aromatic rings. The number of carbonyl (C=O) groups excluding carboxylic acids is 1. The van der Waals surface area contributed by atoms with Crippen molar-refractivity contribution in [2.75, 3.05) is 29.9 Å². The van der Waals surface area contributed by atoms with Crippen molar-refractivity contribution in [1.82, 2.24) is 19.5 Å². The van der Waals surface area contributed by atoms with E-state index in [1.165, 1.54) is 24.8 Å². The quantitative estimate of drug-likeness (QED) is 0.625. The van der Waals surface area contributed by atoms with Gasteiger partial charge in [0, 0.05) is 38.8 Å². The van der Waals surface area contributed by atoms with Crippen LogP contribution < -0.4 is 9.80 Å². The molecule has 0 bridgehead atoms. The zero-order chi connectivity index (χ0) is 22.2. The molecule has 32 heavy (non-hydrogen) atoms.